The fraction of sp³-hybridized carbons (Fsp3) is 0.105. The second kappa shape index (κ2) is 7.84. The number of nitrogens with one attached hydrogen (secondary N) is 1. The molecule has 3 rings (SSSR count). The molecule has 0 fully saturated rings. The van der Waals surface area contributed by atoms with E-state index >= 15 is 0 Å². The molecule has 132 valence electrons. The van der Waals surface area contributed by atoms with Gasteiger partial charge < -0.3 is 5.11 Å². The Hall–Kier alpha value is -3.12. The van der Waals surface area contributed by atoms with Gasteiger partial charge in [0.2, 0.25) is 0 Å². The molecule has 0 radical (unpaired) electrons. The molecule has 0 saturated carbocycles. The third kappa shape index (κ3) is 4.10. The predicted molar refractivity (Wildman–Crippen MR) is 101 cm³/mol. The van der Waals surface area contributed by atoms with Gasteiger partial charge in [-0.25, -0.2) is 10.1 Å². The number of nitrogens with zero attached hydrogens (tertiary/aromatic N) is 3. The zero-order valence-corrected chi connectivity index (χ0v) is 14.8. The molecular formula is C19H17ClN4O2. The number of benzene rings is 2. The number of carbonyl (C=O) groups is 1. The van der Waals surface area contributed by atoms with Crippen molar-refractivity contribution in [1.29, 1.82) is 0 Å². The van der Waals surface area contributed by atoms with Gasteiger partial charge in [0, 0.05) is 5.56 Å². The van der Waals surface area contributed by atoms with Gasteiger partial charge in [-0.3, -0.25) is 4.79 Å². The number of hydrazone groups is 1. The molecule has 3 aromatic rings. The first kappa shape index (κ1) is 17.7. The summed E-state index contributed by atoms with van der Waals surface area (Å²) in [4.78, 5) is 12.0. The highest BCUT2D eigenvalue weighted by Crippen LogP contribution is 2.19. The van der Waals surface area contributed by atoms with Gasteiger partial charge in [0.25, 0.3) is 5.91 Å². The van der Waals surface area contributed by atoms with Crippen molar-refractivity contribution in [3.05, 3.63) is 82.1 Å². The molecule has 0 aliphatic heterocycles. The summed E-state index contributed by atoms with van der Waals surface area (Å²) in [5.41, 5.74) is 5.15. The van der Waals surface area contributed by atoms with E-state index in [1.54, 1.807) is 16.8 Å². The maximum absolute atomic E-state index is 12.0. The number of aromatic hydroxyl groups is 1. The van der Waals surface area contributed by atoms with E-state index in [1.165, 1.54) is 18.3 Å². The summed E-state index contributed by atoms with van der Waals surface area (Å²) in [7, 11) is 0. The van der Waals surface area contributed by atoms with E-state index in [-0.39, 0.29) is 5.75 Å². The van der Waals surface area contributed by atoms with E-state index in [1.807, 2.05) is 37.3 Å². The minimum atomic E-state index is -0.428. The summed E-state index contributed by atoms with van der Waals surface area (Å²) in [6.45, 7) is 2.37. The molecule has 1 amide bonds. The summed E-state index contributed by atoms with van der Waals surface area (Å²) in [5, 5.41) is 18.2. The smallest absolute Gasteiger partial charge is 0.271 e. The lowest BCUT2D eigenvalue weighted by Gasteiger charge is -2.03. The van der Waals surface area contributed by atoms with Crippen LogP contribution in [0.1, 0.15) is 27.2 Å². The molecule has 0 saturated heterocycles. The van der Waals surface area contributed by atoms with Crippen LogP contribution in [-0.4, -0.2) is 27.0 Å². The first-order valence-electron chi connectivity index (χ1n) is 7.94. The van der Waals surface area contributed by atoms with Crippen LogP contribution in [0, 0.1) is 6.92 Å². The molecule has 6 nitrogen and oxygen atoms in total. The van der Waals surface area contributed by atoms with Gasteiger partial charge in [0.05, 0.1) is 24.0 Å². The Kier molecular flexibility index (Phi) is 5.34. The first-order chi connectivity index (χ1) is 12.5. The van der Waals surface area contributed by atoms with Crippen molar-refractivity contribution in [2.45, 2.75) is 13.5 Å². The molecule has 1 heterocycles. The SMILES string of the molecule is Cc1nn(Cc2ccccc2)c(Cl)c1C=NNC(=O)c1cccc(O)c1. The Morgan fingerprint density at radius 2 is 2.04 bits per heavy atom. The van der Waals surface area contributed by atoms with Gasteiger partial charge in [-0.2, -0.15) is 10.2 Å². The quantitative estimate of drug-likeness (QED) is 0.535. The van der Waals surface area contributed by atoms with Crippen molar-refractivity contribution in [2.75, 3.05) is 0 Å². The van der Waals surface area contributed by atoms with Crippen molar-refractivity contribution < 1.29 is 9.90 Å². The number of aryl methyl sites for hydroxylation is 1. The summed E-state index contributed by atoms with van der Waals surface area (Å²) in [5.74, 6) is -0.412. The summed E-state index contributed by atoms with van der Waals surface area (Å²) < 4.78 is 1.69. The molecule has 2 N–H and O–H groups in total. The van der Waals surface area contributed by atoms with Crippen LogP contribution in [0.4, 0.5) is 0 Å². The van der Waals surface area contributed by atoms with Crippen molar-refractivity contribution in [1.82, 2.24) is 15.2 Å². The minimum Gasteiger partial charge on any atom is -0.508 e. The van der Waals surface area contributed by atoms with Crippen molar-refractivity contribution in [3.8, 4) is 5.75 Å². The van der Waals surface area contributed by atoms with E-state index in [9.17, 15) is 9.90 Å². The number of carbonyl (C=O) groups excluding carboxylic acids is 1. The van der Waals surface area contributed by atoms with Crippen molar-refractivity contribution >= 4 is 23.7 Å². The Labute approximate surface area is 155 Å². The van der Waals surface area contributed by atoms with Crippen molar-refractivity contribution in [3.63, 3.8) is 0 Å². The van der Waals surface area contributed by atoms with Crippen LogP contribution < -0.4 is 5.43 Å². The Balaban J connectivity index is 1.71. The van der Waals surface area contributed by atoms with E-state index in [2.05, 4.69) is 15.6 Å². The molecule has 0 spiro atoms. The molecule has 0 unspecified atom stereocenters. The third-order valence-electron chi connectivity index (χ3n) is 3.75. The number of hydrogen-bond acceptors (Lipinski definition) is 4. The lowest BCUT2D eigenvalue weighted by Crippen LogP contribution is -2.17. The average Bonchev–Trinajstić information content (AvgIpc) is 2.90. The van der Waals surface area contributed by atoms with E-state index in [0.29, 0.717) is 28.5 Å². The Bertz CT molecular complexity index is 951. The number of phenolic OH excluding ortho intramolecular Hbond substituents is 1. The van der Waals surface area contributed by atoms with Gasteiger partial charge in [-0.05, 0) is 30.7 Å². The fourth-order valence-corrected chi connectivity index (χ4v) is 2.73. The molecule has 7 heteroatoms. The second-order valence-electron chi connectivity index (χ2n) is 5.68. The maximum Gasteiger partial charge on any atom is 0.271 e. The highest BCUT2D eigenvalue weighted by molar-refractivity contribution is 6.32. The number of amides is 1. The normalized spacial score (nSPS) is 11.0. The fourth-order valence-electron chi connectivity index (χ4n) is 2.44. The second-order valence-corrected chi connectivity index (χ2v) is 6.04. The largest absolute Gasteiger partial charge is 0.508 e. The van der Waals surface area contributed by atoms with Crippen LogP contribution in [0.2, 0.25) is 5.15 Å². The summed E-state index contributed by atoms with van der Waals surface area (Å²) in [6, 6.07) is 15.9. The monoisotopic (exact) mass is 368 g/mol. The van der Waals surface area contributed by atoms with Gasteiger partial charge in [0.1, 0.15) is 10.9 Å². The number of phenols is 1. The highest BCUT2D eigenvalue weighted by atomic mass is 35.5. The van der Waals surface area contributed by atoms with Crippen LogP contribution in [0.25, 0.3) is 0 Å². The van der Waals surface area contributed by atoms with Crippen LogP contribution in [0.15, 0.2) is 59.7 Å². The minimum absolute atomic E-state index is 0.0164. The van der Waals surface area contributed by atoms with Crippen LogP contribution >= 0.6 is 11.6 Å². The van der Waals surface area contributed by atoms with E-state index in [4.69, 9.17) is 11.6 Å². The molecule has 0 aliphatic carbocycles. The number of halogens is 1. The third-order valence-corrected chi connectivity index (χ3v) is 4.15. The average molecular weight is 369 g/mol. The van der Waals surface area contributed by atoms with Crippen LogP contribution in [-0.2, 0) is 6.54 Å². The van der Waals surface area contributed by atoms with E-state index < -0.39 is 5.91 Å². The van der Waals surface area contributed by atoms with Crippen molar-refractivity contribution in [2.24, 2.45) is 5.10 Å². The number of hydrogen-bond donors (Lipinski definition) is 2. The van der Waals surface area contributed by atoms with Crippen LogP contribution in [0.3, 0.4) is 0 Å². The number of rotatable bonds is 5. The molecular weight excluding hydrogens is 352 g/mol. The zero-order valence-electron chi connectivity index (χ0n) is 14.1. The van der Waals surface area contributed by atoms with Gasteiger partial charge in [-0.15, -0.1) is 0 Å². The maximum atomic E-state index is 12.0. The van der Waals surface area contributed by atoms with Gasteiger partial charge in [0.15, 0.2) is 0 Å². The molecule has 1 aromatic heterocycles. The van der Waals surface area contributed by atoms with Gasteiger partial charge in [-0.1, -0.05) is 48.0 Å². The standard InChI is InChI=1S/C19H17ClN4O2/c1-13-17(11-21-22-19(26)15-8-5-9-16(25)10-15)18(20)24(23-13)12-14-6-3-2-4-7-14/h2-11,25H,12H2,1H3,(H,22,26). The molecule has 0 bridgehead atoms. The topological polar surface area (TPSA) is 79.5 Å². The van der Waals surface area contributed by atoms with E-state index in [0.717, 1.165) is 5.56 Å². The summed E-state index contributed by atoms with van der Waals surface area (Å²) in [6.07, 6.45) is 1.47. The molecule has 2 aromatic carbocycles. The molecule has 0 atom stereocenters. The van der Waals surface area contributed by atoms with Gasteiger partial charge >= 0.3 is 0 Å². The molecule has 0 aliphatic rings. The Morgan fingerprint density at radius 1 is 1.27 bits per heavy atom. The zero-order chi connectivity index (χ0) is 18.5. The summed E-state index contributed by atoms with van der Waals surface area (Å²) >= 11 is 6.40. The molecule has 26 heavy (non-hydrogen) atoms. The highest BCUT2D eigenvalue weighted by Gasteiger charge is 2.12. The lowest BCUT2D eigenvalue weighted by atomic mass is 10.2. The first-order valence-corrected chi connectivity index (χ1v) is 8.31. The number of aromatic nitrogens is 2. The lowest BCUT2D eigenvalue weighted by molar-refractivity contribution is 0.0954. The Morgan fingerprint density at radius 3 is 2.77 bits per heavy atom. The van der Waals surface area contributed by atoms with Crippen LogP contribution in [0.5, 0.6) is 5.75 Å². The predicted octanol–water partition coefficient (Wildman–Crippen LogP) is 3.36.